The lowest BCUT2D eigenvalue weighted by Gasteiger charge is -2.21. The van der Waals surface area contributed by atoms with E-state index in [0.717, 1.165) is 66.5 Å². The highest BCUT2D eigenvalue weighted by Gasteiger charge is 2.30. The number of rotatable bonds is 5. The fourth-order valence-corrected chi connectivity index (χ4v) is 4.23. The lowest BCUT2D eigenvalue weighted by Crippen LogP contribution is -2.36. The summed E-state index contributed by atoms with van der Waals surface area (Å²) in [5.74, 6) is 2.25. The van der Waals surface area contributed by atoms with Gasteiger partial charge in [-0.1, -0.05) is 23.4 Å². The van der Waals surface area contributed by atoms with Crippen molar-refractivity contribution in [3.63, 3.8) is 0 Å². The van der Waals surface area contributed by atoms with Crippen LogP contribution in [0, 0.1) is 6.92 Å². The van der Waals surface area contributed by atoms with E-state index in [2.05, 4.69) is 32.2 Å². The minimum atomic E-state index is 0.204. The standard InChI is InChI=1S/C22H27N5O2/c1-15-18(17-5-2-3-6-19(17)23-15)13-21(28)27-10-4-9-26(11-12-27)14-20-24-22(29-25-20)16-7-8-16/h2-3,5-6,16,23H,4,7-14H2,1H3. The van der Waals surface area contributed by atoms with Crippen molar-refractivity contribution in [3.8, 4) is 0 Å². The summed E-state index contributed by atoms with van der Waals surface area (Å²) in [7, 11) is 0. The van der Waals surface area contributed by atoms with Gasteiger partial charge in [-0.15, -0.1) is 0 Å². The van der Waals surface area contributed by atoms with Crippen LogP contribution < -0.4 is 0 Å². The third-order valence-electron chi connectivity index (χ3n) is 6.07. The van der Waals surface area contributed by atoms with Crippen LogP contribution >= 0.6 is 0 Å². The van der Waals surface area contributed by atoms with Gasteiger partial charge in [0.05, 0.1) is 13.0 Å². The smallest absolute Gasteiger partial charge is 0.229 e. The predicted molar refractivity (Wildman–Crippen MR) is 109 cm³/mol. The minimum Gasteiger partial charge on any atom is -0.358 e. The van der Waals surface area contributed by atoms with Gasteiger partial charge in [0.15, 0.2) is 5.82 Å². The number of fused-ring (bicyclic) bond motifs is 1. The Morgan fingerprint density at radius 3 is 2.93 bits per heavy atom. The molecule has 7 heteroatoms. The Kier molecular flexibility index (Phi) is 4.83. The molecule has 0 radical (unpaired) electrons. The molecule has 5 rings (SSSR count). The SMILES string of the molecule is Cc1[nH]c2ccccc2c1CC(=O)N1CCCN(Cc2noc(C3CC3)n2)CC1. The zero-order valence-electron chi connectivity index (χ0n) is 16.9. The number of amides is 1. The van der Waals surface area contributed by atoms with E-state index in [9.17, 15) is 4.79 Å². The van der Waals surface area contributed by atoms with Crippen molar-refractivity contribution in [3.05, 3.63) is 47.2 Å². The number of aromatic amines is 1. The molecule has 0 unspecified atom stereocenters. The third-order valence-corrected chi connectivity index (χ3v) is 6.07. The predicted octanol–water partition coefficient (Wildman–Crippen LogP) is 3.01. The van der Waals surface area contributed by atoms with Crippen LogP contribution in [0.5, 0.6) is 0 Å². The van der Waals surface area contributed by atoms with Crippen molar-refractivity contribution < 1.29 is 9.32 Å². The Balaban J connectivity index is 1.20. The Morgan fingerprint density at radius 1 is 1.21 bits per heavy atom. The summed E-state index contributed by atoms with van der Waals surface area (Å²) < 4.78 is 5.37. The van der Waals surface area contributed by atoms with E-state index in [4.69, 9.17) is 4.52 Å². The van der Waals surface area contributed by atoms with Crippen LogP contribution in [-0.2, 0) is 17.8 Å². The first-order chi connectivity index (χ1) is 14.2. The molecule has 1 aliphatic heterocycles. The third kappa shape index (κ3) is 3.92. The summed E-state index contributed by atoms with van der Waals surface area (Å²) >= 11 is 0. The van der Waals surface area contributed by atoms with E-state index in [1.807, 2.05) is 24.0 Å². The summed E-state index contributed by atoms with van der Waals surface area (Å²) in [4.78, 5) is 25.3. The molecule has 1 aromatic carbocycles. The largest absolute Gasteiger partial charge is 0.358 e. The zero-order valence-corrected chi connectivity index (χ0v) is 16.9. The maximum absolute atomic E-state index is 13.0. The average Bonchev–Trinajstić information content (AvgIpc) is 3.44. The van der Waals surface area contributed by atoms with Gasteiger partial charge in [0.2, 0.25) is 11.8 Å². The first-order valence-corrected chi connectivity index (χ1v) is 10.6. The second kappa shape index (κ2) is 7.63. The normalized spacial score (nSPS) is 18.3. The molecule has 1 aliphatic carbocycles. The molecule has 1 N–H and O–H groups in total. The fraction of sp³-hybridized carbons (Fsp3) is 0.500. The van der Waals surface area contributed by atoms with Crippen molar-refractivity contribution in [1.82, 2.24) is 24.9 Å². The Hall–Kier alpha value is -2.67. The molecule has 3 heterocycles. The number of benzene rings is 1. The highest BCUT2D eigenvalue weighted by molar-refractivity contribution is 5.90. The first kappa shape index (κ1) is 18.4. The molecule has 0 bridgehead atoms. The van der Waals surface area contributed by atoms with E-state index in [-0.39, 0.29) is 5.91 Å². The monoisotopic (exact) mass is 393 g/mol. The number of para-hydroxylation sites is 1. The number of nitrogens with one attached hydrogen (secondary N) is 1. The first-order valence-electron chi connectivity index (χ1n) is 10.6. The van der Waals surface area contributed by atoms with Gasteiger partial charge in [0, 0.05) is 48.7 Å². The molecule has 7 nitrogen and oxygen atoms in total. The molecule has 1 saturated heterocycles. The van der Waals surface area contributed by atoms with E-state index in [1.165, 1.54) is 12.8 Å². The highest BCUT2D eigenvalue weighted by atomic mass is 16.5. The van der Waals surface area contributed by atoms with Crippen LogP contribution in [0.15, 0.2) is 28.8 Å². The van der Waals surface area contributed by atoms with Gasteiger partial charge in [-0.25, -0.2) is 0 Å². The zero-order chi connectivity index (χ0) is 19.8. The Morgan fingerprint density at radius 2 is 2.07 bits per heavy atom. The fourth-order valence-electron chi connectivity index (χ4n) is 4.23. The van der Waals surface area contributed by atoms with Crippen LogP contribution in [0.3, 0.4) is 0 Å². The van der Waals surface area contributed by atoms with Crippen LogP contribution in [0.25, 0.3) is 10.9 Å². The van der Waals surface area contributed by atoms with Crippen LogP contribution in [0.1, 0.15) is 48.2 Å². The van der Waals surface area contributed by atoms with Crippen molar-refractivity contribution in [2.24, 2.45) is 0 Å². The van der Waals surface area contributed by atoms with Crippen molar-refractivity contribution in [2.75, 3.05) is 26.2 Å². The Labute approximate surface area is 170 Å². The number of aromatic nitrogens is 3. The topological polar surface area (TPSA) is 78.3 Å². The number of hydrogen-bond donors (Lipinski definition) is 1. The molecule has 29 heavy (non-hydrogen) atoms. The number of carbonyl (C=O) groups excluding carboxylic acids is 1. The van der Waals surface area contributed by atoms with Gasteiger partial charge in [0.25, 0.3) is 0 Å². The van der Waals surface area contributed by atoms with Crippen molar-refractivity contribution in [2.45, 2.75) is 45.1 Å². The van der Waals surface area contributed by atoms with Gasteiger partial charge < -0.3 is 14.4 Å². The van der Waals surface area contributed by atoms with Gasteiger partial charge in [-0.3, -0.25) is 9.69 Å². The maximum Gasteiger partial charge on any atom is 0.229 e. The van der Waals surface area contributed by atoms with E-state index < -0.39 is 0 Å². The maximum atomic E-state index is 13.0. The summed E-state index contributed by atoms with van der Waals surface area (Å²) in [6.07, 6.45) is 3.74. The number of nitrogens with zero attached hydrogens (tertiary/aromatic N) is 4. The van der Waals surface area contributed by atoms with Gasteiger partial charge in [-0.05, 0) is 37.8 Å². The van der Waals surface area contributed by atoms with Crippen LogP contribution in [-0.4, -0.2) is 57.0 Å². The molecule has 0 atom stereocenters. The highest BCUT2D eigenvalue weighted by Crippen LogP contribution is 2.38. The number of hydrogen-bond acceptors (Lipinski definition) is 5. The molecule has 3 aromatic rings. The van der Waals surface area contributed by atoms with E-state index in [1.54, 1.807) is 0 Å². The molecule has 1 amide bonds. The summed E-state index contributed by atoms with van der Waals surface area (Å²) in [6.45, 7) is 6.08. The summed E-state index contributed by atoms with van der Waals surface area (Å²) in [5, 5.41) is 5.28. The molecular weight excluding hydrogens is 366 g/mol. The van der Waals surface area contributed by atoms with Crippen molar-refractivity contribution in [1.29, 1.82) is 0 Å². The molecule has 1 saturated carbocycles. The molecule has 0 spiro atoms. The molecule has 2 aliphatic rings. The molecule has 2 fully saturated rings. The Bertz CT molecular complexity index is 1020. The molecular formula is C22H27N5O2. The van der Waals surface area contributed by atoms with Crippen molar-refractivity contribution >= 4 is 16.8 Å². The van der Waals surface area contributed by atoms with Gasteiger partial charge in [0.1, 0.15) is 0 Å². The lowest BCUT2D eigenvalue weighted by molar-refractivity contribution is -0.130. The number of aryl methyl sites for hydroxylation is 1. The minimum absolute atomic E-state index is 0.204. The van der Waals surface area contributed by atoms with Gasteiger partial charge in [-0.2, -0.15) is 4.98 Å². The lowest BCUT2D eigenvalue weighted by atomic mass is 10.1. The van der Waals surface area contributed by atoms with E-state index >= 15 is 0 Å². The van der Waals surface area contributed by atoms with Gasteiger partial charge >= 0.3 is 0 Å². The molecule has 152 valence electrons. The quantitative estimate of drug-likeness (QED) is 0.721. The van der Waals surface area contributed by atoms with Crippen LogP contribution in [0.2, 0.25) is 0 Å². The summed E-state index contributed by atoms with van der Waals surface area (Å²) in [6, 6.07) is 8.20. The number of H-pyrrole nitrogens is 1. The van der Waals surface area contributed by atoms with Crippen LogP contribution in [0.4, 0.5) is 0 Å². The number of carbonyl (C=O) groups is 1. The summed E-state index contributed by atoms with van der Waals surface area (Å²) in [5.41, 5.74) is 3.30. The van der Waals surface area contributed by atoms with E-state index in [0.29, 0.717) is 18.9 Å². The second-order valence-electron chi connectivity index (χ2n) is 8.28. The second-order valence-corrected chi connectivity index (χ2v) is 8.28. The molecule has 2 aromatic heterocycles. The average molecular weight is 393 g/mol.